The molecule has 1 aromatic rings. The maximum Gasteiger partial charge on any atom is 0.416 e. The molecular formula is C7H4F5NO2. The zero-order valence-corrected chi connectivity index (χ0v) is 6.92. The van der Waals surface area contributed by atoms with Crippen molar-refractivity contribution < 1.29 is 27.2 Å². The van der Waals surface area contributed by atoms with Gasteiger partial charge in [-0.2, -0.15) is 17.6 Å². The van der Waals surface area contributed by atoms with E-state index in [0.29, 0.717) is 12.1 Å². The van der Waals surface area contributed by atoms with Gasteiger partial charge in [0, 0.05) is 6.07 Å². The van der Waals surface area contributed by atoms with E-state index in [-0.39, 0.29) is 10.8 Å². The molecular weight excluding hydrogens is 225 g/mol. The van der Waals surface area contributed by atoms with E-state index in [4.69, 9.17) is 0 Å². The van der Waals surface area contributed by atoms with Gasteiger partial charge in [-0.1, -0.05) is 0 Å². The van der Waals surface area contributed by atoms with Crippen LogP contribution in [-0.2, 0) is 6.18 Å². The topological polar surface area (TPSA) is 43.1 Å². The van der Waals surface area contributed by atoms with Crippen molar-refractivity contribution in [1.29, 1.82) is 0 Å². The highest BCUT2D eigenvalue weighted by atomic mass is 19.4. The normalized spacial score (nSPS) is 10.7. The number of nitro groups is 1. The first-order valence-corrected chi connectivity index (χ1v) is 3.33. The summed E-state index contributed by atoms with van der Waals surface area (Å²) in [5.74, 6) is -1.29. The molecule has 0 N–H and O–H groups in total. The second kappa shape index (κ2) is 4.20. The van der Waals surface area contributed by atoms with Gasteiger partial charge in [0.05, 0.1) is 10.5 Å². The lowest BCUT2D eigenvalue weighted by Crippen LogP contribution is -2.06. The Kier molecular flexibility index (Phi) is 3.71. The Morgan fingerprint density at radius 1 is 1.27 bits per heavy atom. The van der Waals surface area contributed by atoms with Gasteiger partial charge < -0.3 is 0 Å². The average Bonchev–Trinajstić information content (AvgIpc) is 2.02. The average molecular weight is 229 g/mol. The van der Waals surface area contributed by atoms with Gasteiger partial charge in [-0.05, 0) is 12.1 Å². The number of hydrogen-bond donors (Lipinski definition) is 0. The van der Waals surface area contributed by atoms with Crippen molar-refractivity contribution in [2.24, 2.45) is 0 Å². The van der Waals surface area contributed by atoms with Crippen LogP contribution in [0.15, 0.2) is 18.2 Å². The van der Waals surface area contributed by atoms with Crippen LogP contribution in [0.1, 0.15) is 5.56 Å². The number of benzene rings is 1. The van der Waals surface area contributed by atoms with E-state index < -0.39 is 28.2 Å². The molecule has 0 aliphatic rings. The van der Waals surface area contributed by atoms with Crippen molar-refractivity contribution in [3.63, 3.8) is 0 Å². The summed E-state index contributed by atoms with van der Waals surface area (Å²) in [4.78, 5) is 8.90. The minimum atomic E-state index is -4.71. The Bertz CT molecular complexity index is 376. The van der Waals surface area contributed by atoms with Gasteiger partial charge in [0.1, 0.15) is 0 Å². The maximum atomic E-state index is 12.6. The number of nitro benzene ring substituents is 1. The van der Waals surface area contributed by atoms with Crippen LogP contribution in [0.5, 0.6) is 0 Å². The van der Waals surface area contributed by atoms with Gasteiger partial charge in [-0.3, -0.25) is 14.8 Å². The minimum Gasteiger partial charge on any atom is -0.269 e. The zero-order valence-electron chi connectivity index (χ0n) is 6.92. The molecule has 3 nitrogen and oxygen atoms in total. The molecule has 0 bridgehead atoms. The van der Waals surface area contributed by atoms with Crippen LogP contribution in [-0.4, -0.2) is 4.92 Å². The summed E-state index contributed by atoms with van der Waals surface area (Å²) in [6, 6.07) is 1.03. The van der Waals surface area contributed by atoms with E-state index in [2.05, 4.69) is 0 Å². The lowest BCUT2D eigenvalue weighted by Gasteiger charge is -2.05. The first kappa shape index (κ1) is 13.3. The molecule has 0 aromatic heterocycles. The third kappa shape index (κ3) is 2.86. The Morgan fingerprint density at radius 3 is 2.20 bits per heavy atom. The van der Waals surface area contributed by atoms with E-state index in [1.807, 2.05) is 0 Å². The summed E-state index contributed by atoms with van der Waals surface area (Å²) in [5, 5.41) is 10.1. The van der Waals surface area contributed by atoms with Crippen molar-refractivity contribution in [3.8, 4) is 0 Å². The van der Waals surface area contributed by atoms with E-state index >= 15 is 0 Å². The highest BCUT2D eigenvalue weighted by molar-refractivity contribution is 5.37. The molecule has 0 radical (unpaired) electrons. The van der Waals surface area contributed by atoms with E-state index in [1.54, 1.807) is 0 Å². The Hall–Kier alpha value is -1.73. The molecule has 0 aliphatic heterocycles. The second-order valence-electron chi connectivity index (χ2n) is 2.42. The molecule has 0 saturated carbocycles. The fourth-order valence-electron chi connectivity index (χ4n) is 0.829. The predicted molar refractivity (Wildman–Crippen MR) is 40.6 cm³/mol. The lowest BCUT2D eigenvalue weighted by atomic mass is 10.2. The number of nitrogens with zero attached hydrogens (tertiary/aromatic N) is 1. The second-order valence-corrected chi connectivity index (χ2v) is 2.42. The summed E-state index contributed by atoms with van der Waals surface area (Å²) in [5.41, 5.74) is -2.43. The fourth-order valence-corrected chi connectivity index (χ4v) is 0.829. The number of halogens is 5. The molecule has 1 rings (SSSR count). The molecule has 0 atom stereocenters. The molecule has 0 heterocycles. The van der Waals surface area contributed by atoms with E-state index in [1.165, 1.54) is 0 Å². The molecule has 0 aliphatic carbocycles. The highest BCUT2D eigenvalue weighted by Gasteiger charge is 2.33. The first-order chi connectivity index (χ1) is 6.32. The van der Waals surface area contributed by atoms with Crippen LogP contribution in [0.2, 0.25) is 0 Å². The zero-order chi connectivity index (χ0) is 10.9. The van der Waals surface area contributed by atoms with Crippen molar-refractivity contribution >= 4 is 5.69 Å². The molecule has 0 saturated heterocycles. The van der Waals surface area contributed by atoms with Crippen LogP contribution in [0, 0.1) is 15.9 Å². The van der Waals surface area contributed by atoms with Crippen molar-refractivity contribution in [3.05, 3.63) is 39.7 Å². The molecule has 15 heavy (non-hydrogen) atoms. The summed E-state index contributed by atoms with van der Waals surface area (Å²) in [6.07, 6.45) is -4.71. The monoisotopic (exact) mass is 229 g/mol. The van der Waals surface area contributed by atoms with Gasteiger partial charge in [0.2, 0.25) is 5.82 Å². The standard InChI is InChI=1S/C7H3F4NO2.FH/c8-5-2-1-4(7(9,10)11)3-6(5)12(13)14;/h1-3H;1H. The highest BCUT2D eigenvalue weighted by Crippen LogP contribution is 2.32. The first-order valence-electron chi connectivity index (χ1n) is 3.33. The van der Waals surface area contributed by atoms with Gasteiger partial charge in [-0.15, -0.1) is 0 Å². The molecule has 1 aromatic carbocycles. The number of rotatable bonds is 1. The predicted octanol–water partition coefficient (Wildman–Crippen LogP) is 2.91. The Labute approximate surface area is 79.8 Å². The third-order valence-electron chi connectivity index (χ3n) is 1.47. The minimum absolute atomic E-state index is 0. The fraction of sp³-hybridized carbons (Fsp3) is 0.143. The molecule has 0 spiro atoms. The van der Waals surface area contributed by atoms with Crippen molar-refractivity contribution in [1.82, 2.24) is 0 Å². The van der Waals surface area contributed by atoms with Crippen LogP contribution in [0.25, 0.3) is 0 Å². The number of hydrogen-bond acceptors (Lipinski definition) is 2. The third-order valence-corrected chi connectivity index (χ3v) is 1.47. The lowest BCUT2D eigenvalue weighted by molar-refractivity contribution is -0.387. The molecule has 0 amide bonds. The molecule has 0 unspecified atom stereocenters. The SMILES string of the molecule is F.O=[N+]([O-])c1cc(C(F)(F)F)ccc1F. The summed E-state index contributed by atoms with van der Waals surface area (Å²) in [7, 11) is 0. The molecule has 84 valence electrons. The summed E-state index contributed by atoms with van der Waals surface area (Å²) < 4.78 is 48.7. The van der Waals surface area contributed by atoms with Gasteiger partial charge in [-0.25, -0.2) is 0 Å². The van der Waals surface area contributed by atoms with E-state index in [9.17, 15) is 27.7 Å². The van der Waals surface area contributed by atoms with Crippen molar-refractivity contribution in [2.45, 2.75) is 6.18 Å². The summed E-state index contributed by atoms with van der Waals surface area (Å²) in [6.45, 7) is 0. The van der Waals surface area contributed by atoms with Gasteiger partial charge in [0.15, 0.2) is 0 Å². The van der Waals surface area contributed by atoms with Crippen LogP contribution in [0.4, 0.5) is 28.0 Å². The Balaban J connectivity index is 0.00000196. The van der Waals surface area contributed by atoms with Crippen LogP contribution in [0.3, 0.4) is 0 Å². The molecule has 0 fully saturated rings. The quantitative estimate of drug-likeness (QED) is 0.422. The Morgan fingerprint density at radius 2 is 1.80 bits per heavy atom. The maximum absolute atomic E-state index is 12.6. The molecule has 8 heteroatoms. The van der Waals surface area contributed by atoms with Crippen LogP contribution < -0.4 is 0 Å². The smallest absolute Gasteiger partial charge is 0.269 e. The van der Waals surface area contributed by atoms with E-state index in [0.717, 1.165) is 0 Å². The van der Waals surface area contributed by atoms with Crippen molar-refractivity contribution in [2.75, 3.05) is 0 Å². The number of alkyl halides is 3. The van der Waals surface area contributed by atoms with Gasteiger partial charge >= 0.3 is 11.9 Å². The summed E-state index contributed by atoms with van der Waals surface area (Å²) >= 11 is 0. The van der Waals surface area contributed by atoms with Crippen LogP contribution >= 0.6 is 0 Å². The largest absolute Gasteiger partial charge is 0.416 e. The van der Waals surface area contributed by atoms with Gasteiger partial charge in [0.25, 0.3) is 0 Å².